The number of amides is 1. The highest BCUT2D eigenvalue weighted by molar-refractivity contribution is 6.31. The van der Waals surface area contributed by atoms with Gasteiger partial charge >= 0.3 is 0 Å². The van der Waals surface area contributed by atoms with Crippen LogP contribution < -0.4 is 5.32 Å². The number of carbonyl (C=O) groups is 1. The van der Waals surface area contributed by atoms with Crippen LogP contribution in [0.1, 0.15) is 22.8 Å². The van der Waals surface area contributed by atoms with Crippen LogP contribution in [0.3, 0.4) is 0 Å². The number of anilines is 2. The minimum absolute atomic E-state index is 0.0585. The van der Waals surface area contributed by atoms with Crippen LogP contribution in [-0.4, -0.2) is 53.4 Å². The van der Waals surface area contributed by atoms with Crippen molar-refractivity contribution in [3.63, 3.8) is 0 Å². The molecule has 0 aliphatic carbocycles. The quantitative estimate of drug-likeness (QED) is 0.907. The van der Waals surface area contributed by atoms with Crippen molar-refractivity contribution >= 4 is 29.0 Å². The number of likely N-dealkylation sites (N-methyl/N-ethyl adjacent to an activating group) is 1. The molecule has 1 aliphatic heterocycles. The van der Waals surface area contributed by atoms with Crippen molar-refractivity contribution in [2.75, 3.05) is 38.0 Å². The number of piperazine rings is 1. The molecule has 0 unspecified atom stereocenters. The molecule has 0 atom stereocenters. The van der Waals surface area contributed by atoms with Gasteiger partial charge in [0, 0.05) is 48.6 Å². The predicted octanol–water partition coefficient (Wildman–Crippen LogP) is 3.56. The van der Waals surface area contributed by atoms with Crippen molar-refractivity contribution in [2.24, 2.45) is 0 Å². The minimum Gasteiger partial charge on any atom is -0.340 e. The summed E-state index contributed by atoms with van der Waals surface area (Å²) in [5.41, 5.74) is 2.53. The molecule has 2 heterocycles. The summed E-state index contributed by atoms with van der Waals surface area (Å²) in [7, 11) is 0. The summed E-state index contributed by atoms with van der Waals surface area (Å²) in [4.78, 5) is 21.3. The number of carbonyl (C=O) groups excluding carboxylic acids is 1. The summed E-state index contributed by atoms with van der Waals surface area (Å²) < 4.78 is 0. The normalized spacial score (nSPS) is 15.2. The van der Waals surface area contributed by atoms with Crippen LogP contribution in [0.25, 0.3) is 0 Å². The molecule has 1 aromatic carbocycles. The van der Waals surface area contributed by atoms with Crippen LogP contribution in [0, 0.1) is 6.92 Å². The second-order valence-electron chi connectivity index (χ2n) is 6.25. The van der Waals surface area contributed by atoms with Crippen molar-refractivity contribution in [2.45, 2.75) is 13.8 Å². The molecule has 132 valence electrons. The first-order valence-corrected chi connectivity index (χ1v) is 8.95. The Bertz CT molecular complexity index is 757. The summed E-state index contributed by atoms with van der Waals surface area (Å²) in [6.45, 7) is 8.54. The third-order valence-corrected chi connectivity index (χ3v) is 4.97. The fourth-order valence-corrected chi connectivity index (χ4v) is 3.08. The third-order valence-electron chi connectivity index (χ3n) is 4.56. The molecule has 6 heteroatoms. The van der Waals surface area contributed by atoms with Gasteiger partial charge in [-0.25, -0.2) is 4.98 Å². The van der Waals surface area contributed by atoms with Crippen molar-refractivity contribution in [1.82, 2.24) is 14.8 Å². The van der Waals surface area contributed by atoms with Gasteiger partial charge in [0.25, 0.3) is 5.91 Å². The summed E-state index contributed by atoms with van der Waals surface area (Å²) in [6, 6.07) is 9.31. The molecule has 1 aromatic heterocycles. The van der Waals surface area contributed by atoms with E-state index in [2.05, 4.69) is 22.1 Å². The fourth-order valence-electron chi connectivity index (χ4n) is 2.90. The van der Waals surface area contributed by atoms with Gasteiger partial charge in [-0.2, -0.15) is 0 Å². The second kappa shape index (κ2) is 7.85. The van der Waals surface area contributed by atoms with E-state index in [1.807, 2.05) is 30.0 Å². The molecular formula is C19H23ClN4O. The average Bonchev–Trinajstić information content (AvgIpc) is 2.64. The summed E-state index contributed by atoms with van der Waals surface area (Å²) in [5.74, 6) is 0.695. The number of benzene rings is 1. The smallest absolute Gasteiger partial charge is 0.254 e. The zero-order chi connectivity index (χ0) is 17.8. The molecule has 5 nitrogen and oxygen atoms in total. The first-order valence-electron chi connectivity index (χ1n) is 8.57. The Morgan fingerprint density at radius 3 is 2.64 bits per heavy atom. The van der Waals surface area contributed by atoms with E-state index >= 15 is 0 Å². The van der Waals surface area contributed by atoms with Gasteiger partial charge in [-0.15, -0.1) is 0 Å². The maximum absolute atomic E-state index is 12.7. The summed E-state index contributed by atoms with van der Waals surface area (Å²) >= 11 is 6.16. The molecule has 0 saturated carbocycles. The molecule has 2 aromatic rings. The van der Waals surface area contributed by atoms with E-state index in [4.69, 9.17) is 11.6 Å². The molecule has 1 aliphatic rings. The lowest BCUT2D eigenvalue weighted by Gasteiger charge is -2.34. The lowest BCUT2D eigenvalue weighted by Crippen LogP contribution is -2.48. The number of aromatic nitrogens is 1. The SMILES string of the molecule is CCN1CCN(C(=O)c2ccnc(Nc3ccc(C)c(Cl)c3)c2)CC1. The lowest BCUT2D eigenvalue weighted by molar-refractivity contribution is 0.0643. The number of halogens is 1. The average molecular weight is 359 g/mol. The van der Waals surface area contributed by atoms with Crippen molar-refractivity contribution in [3.05, 3.63) is 52.7 Å². The van der Waals surface area contributed by atoms with Crippen LogP contribution in [-0.2, 0) is 0 Å². The van der Waals surface area contributed by atoms with Crippen LogP contribution in [0.5, 0.6) is 0 Å². The van der Waals surface area contributed by atoms with Gasteiger partial charge in [-0.3, -0.25) is 4.79 Å². The van der Waals surface area contributed by atoms with Gasteiger partial charge in [-0.1, -0.05) is 24.6 Å². The van der Waals surface area contributed by atoms with Gasteiger partial charge in [0.15, 0.2) is 0 Å². The highest BCUT2D eigenvalue weighted by atomic mass is 35.5. The first kappa shape index (κ1) is 17.7. The van der Waals surface area contributed by atoms with E-state index in [0.29, 0.717) is 16.4 Å². The maximum atomic E-state index is 12.7. The molecule has 1 amide bonds. The molecule has 3 rings (SSSR count). The highest BCUT2D eigenvalue weighted by Crippen LogP contribution is 2.23. The number of nitrogens with one attached hydrogen (secondary N) is 1. The number of pyridine rings is 1. The largest absolute Gasteiger partial charge is 0.340 e. The van der Waals surface area contributed by atoms with E-state index < -0.39 is 0 Å². The van der Waals surface area contributed by atoms with E-state index in [9.17, 15) is 4.79 Å². The Hall–Kier alpha value is -2.11. The lowest BCUT2D eigenvalue weighted by atomic mass is 10.2. The van der Waals surface area contributed by atoms with Gasteiger partial charge in [-0.05, 0) is 43.3 Å². The van der Waals surface area contributed by atoms with Gasteiger partial charge in [0.1, 0.15) is 5.82 Å². The third kappa shape index (κ3) is 4.30. The van der Waals surface area contributed by atoms with Crippen LogP contribution in [0.2, 0.25) is 5.02 Å². The maximum Gasteiger partial charge on any atom is 0.254 e. The monoisotopic (exact) mass is 358 g/mol. The van der Waals surface area contributed by atoms with E-state index in [1.165, 1.54) is 0 Å². The number of aryl methyl sites for hydroxylation is 1. The standard InChI is InChI=1S/C19H23ClN4O/c1-3-23-8-10-24(11-9-23)19(25)15-6-7-21-18(12-15)22-16-5-4-14(2)17(20)13-16/h4-7,12-13H,3,8-11H2,1-2H3,(H,21,22). The molecule has 1 N–H and O–H groups in total. The minimum atomic E-state index is 0.0585. The van der Waals surface area contributed by atoms with E-state index in [1.54, 1.807) is 18.3 Å². The Morgan fingerprint density at radius 1 is 1.20 bits per heavy atom. The van der Waals surface area contributed by atoms with Crippen molar-refractivity contribution in [3.8, 4) is 0 Å². The zero-order valence-electron chi connectivity index (χ0n) is 14.6. The van der Waals surface area contributed by atoms with Crippen molar-refractivity contribution < 1.29 is 4.79 Å². The van der Waals surface area contributed by atoms with Crippen LogP contribution in [0.4, 0.5) is 11.5 Å². The predicted molar refractivity (Wildman–Crippen MR) is 102 cm³/mol. The Labute approximate surface area is 153 Å². The number of nitrogens with zero attached hydrogens (tertiary/aromatic N) is 3. The van der Waals surface area contributed by atoms with Gasteiger partial charge in [0.2, 0.25) is 0 Å². The second-order valence-corrected chi connectivity index (χ2v) is 6.65. The van der Waals surface area contributed by atoms with Gasteiger partial charge < -0.3 is 15.1 Å². The van der Waals surface area contributed by atoms with Crippen molar-refractivity contribution in [1.29, 1.82) is 0 Å². The van der Waals surface area contributed by atoms with E-state index in [-0.39, 0.29) is 5.91 Å². The molecule has 0 radical (unpaired) electrons. The molecular weight excluding hydrogens is 336 g/mol. The van der Waals surface area contributed by atoms with Crippen LogP contribution >= 0.6 is 11.6 Å². The zero-order valence-corrected chi connectivity index (χ0v) is 15.4. The summed E-state index contributed by atoms with van der Waals surface area (Å²) in [6.07, 6.45) is 1.66. The molecule has 1 fully saturated rings. The Kier molecular flexibility index (Phi) is 5.56. The number of hydrogen-bond acceptors (Lipinski definition) is 4. The number of rotatable bonds is 4. The van der Waals surface area contributed by atoms with E-state index in [0.717, 1.165) is 44.0 Å². The topological polar surface area (TPSA) is 48.5 Å². The highest BCUT2D eigenvalue weighted by Gasteiger charge is 2.21. The van der Waals surface area contributed by atoms with Gasteiger partial charge in [0.05, 0.1) is 0 Å². The van der Waals surface area contributed by atoms with Crippen LogP contribution in [0.15, 0.2) is 36.5 Å². The Balaban J connectivity index is 1.70. The summed E-state index contributed by atoms with van der Waals surface area (Å²) in [5, 5.41) is 3.91. The number of hydrogen-bond donors (Lipinski definition) is 1. The molecule has 25 heavy (non-hydrogen) atoms. The Morgan fingerprint density at radius 2 is 1.96 bits per heavy atom. The molecule has 0 spiro atoms. The fraction of sp³-hybridized carbons (Fsp3) is 0.368. The first-order chi connectivity index (χ1) is 12.1. The molecule has 0 bridgehead atoms. The molecule has 1 saturated heterocycles.